The first kappa shape index (κ1) is 17.4. The highest BCUT2D eigenvalue weighted by atomic mass is 15.1. The number of allylic oxidation sites excluding steroid dienone is 1. The lowest BCUT2D eigenvalue weighted by Crippen LogP contribution is -2.24. The maximum absolute atomic E-state index is 4.41. The molecule has 24 heavy (non-hydrogen) atoms. The third kappa shape index (κ3) is 3.34. The summed E-state index contributed by atoms with van der Waals surface area (Å²) in [4.78, 5) is 2.47. The fourth-order valence-electron chi connectivity index (χ4n) is 4.98. The zero-order valence-corrected chi connectivity index (χ0v) is 16.0. The minimum absolute atomic E-state index is 0.689. The maximum atomic E-state index is 4.41. The second-order valence-electron chi connectivity index (χ2n) is 7.97. The molecule has 2 aliphatic carbocycles. The summed E-state index contributed by atoms with van der Waals surface area (Å²) < 4.78 is 0. The van der Waals surface area contributed by atoms with Crippen molar-refractivity contribution in [3.8, 4) is 0 Å². The van der Waals surface area contributed by atoms with Gasteiger partial charge >= 0.3 is 0 Å². The number of nitrogens with zero attached hydrogens (tertiary/aromatic N) is 1. The van der Waals surface area contributed by atoms with Gasteiger partial charge in [0.15, 0.2) is 0 Å². The Morgan fingerprint density at radius 3 is 2.38 bits per heavy atom. The van der Waals surface area contributed by atoms with Crippen LogP contribution in [0.25, 0.3) is 0 Å². The van der Waals surface area contributed by atoms with Crippen molar-refractivity contribution in [2.24, 2.45) is 17.8 Å². The van der Waals surface area contributed by atoms with Gasteiger partial charge in [-0.2, -0.15) is 0 Å². The molecule has 2 heteroatoms. The van der Waals surface area contributed by atoms with Gasteiger partial charge in [-0.25, -0.2) is 0 Å². The van der Waals surface area contributed by atoms with E-state index in [1.54, 1.807) is 0 Å². The number of rotatable bonds is 7. The van der Waals surface area contributed by atoms with Gasteiger partial charge in [-0.05, 0) is 81.5 Å². The number of hydrogen-bond donors (Lipinski definition) is 1. The van der Waals surface area contributed by atoms with Gasteiger partial charge in [0.05, 0.1) is 0 Å². The summed E-state index contributed by atoms with van der Waals surface area (Å²) in [6.45, 7) is 15.6. The number of fused-ring (bicyclic) bond motifs is 2. The Labute approximate surface area is 148 Å². The Kier molecular flexibility index (Phi) is 5.22. The number of benzene rings is 1. The van der Waals surface area contributed by atoms with Gasteiger partial charge < -0.3 is 10.2 Å². The van der Waals surface area contributed by atoms with E-state index in [0.717, 1.165) is 24.9 Å². The standard InChI is InChI=1S/C22H34N2/c1-6-10-24(7-2)20-11-15(3)22(16(4)12-20)23-17(5)21-14-18-8-9-19(21)13-18/h11-12,18-19,21,23H,5-10,13-14H2,1-4H3. The summed E-state index contributed by atoms with van der Waals surface area (Å²) in [6.07, 6.45) is 6.84. The monoisotopic (exact) mass is 326 g/mol. The van der Waals surface area contributed by atoms with Crippen molar-refractivity contribution < 1.29 is 0 Å². The topological polar surface area (TPSA) is 15.3 Å². The van der Waals surface area contributed by atoms with Crippen LogP contribution in [0, 0.1) is 31.6 Å². The summed E-state index contributed by atoms with van der Waals surface area (Å²) in [5.74, 6) is 2.54. The third-order valence-corrected chi connectivity index (χ3v) is 6.23. The van der Waals surface area contributed by atoms with Crippen molar-refractivity contribution in [2.45, 2.75) is 59.8 Å². The zero-order valence-electron chi connectivity index (χ0n) is 16.0. The maximum Gasteiger partial charge on any atom is 0.0442 e. The van der Waals surface area contributed by atoms with Gasteiger partial charge in [-0.1, -0.05) is 19.9 Å². The second-order valence-corrected chi connectivity index (χ2v) is 7.97. The molecule has 3 atom stereocenters. The highest BCUT2D eigenvalue weighted by Crippen LogP contribution is 2.50. The average molecular weight is 327 g/mol. The molecule has 2 bridgehead atoms. The quantitative estimate of drug-likeness (QED) is 0.671. The number of hydrogen-bond acceptors (Lipinski definition) is 2. The normalized spacial score (nSPS) is 25.1. The molecule has 0 spiro atoms. The van der Waals surface area contributed by atoms with E-state index in [-0.39, 0.29) is 0 Å². The van der Waals surface area contributed by atoms with Crippen molar-refractivity contribution >= 4 is 11.4 Å². The lowest BCUT2D eigenvalue weighted by atomic mass is 9.86. The lowest BCUT2D eigenvalue weighted by Gasteiger charge is -2.28. The largest absolute Gasteiger partial charge is 0.372 e. The minimum atomic E-state index is 0.689. The van der Waals surface area contributed by atoms with Gasteiger partial charge in [0, 0.05) is 36.1 Å². The summed E-state index contributed by atoms with van der Waals surface area (Å²) in [5.41, 5.74) is 6.55. The summed E-state index contributed by atoms with van der Waals surface area (Å²) in [7, 11) is 0. The van der Waals surface area contributed by atoms with E-state index in [0.29, 0.717) is 5.92 Å². The fraction of sp³-hybridized carbons (Fsp3) is 0.636. The molecule has 0 radical (unpaired) electrons. The van der Waals surface area contributed by atoms with Crippen molar-refractivity contribution in [3.05, 3.63) is 35.5 Å². The first-order valence-electron chi connectivity index (χ1n) is 9.85. The SMILES string of the molecule is C=C(Nc1c(C)cc(N(CC)CCC)cc1C)C1CC2CCC1C2. The van der Waals surface area contributed by atoms with E-state index in [2.05, 4.69) is 56.6 Å². The van der Waals surface area contributed by atoms with Crippen LogP contribution in [0.5, 0.6) is 0 Å². The van der Waals surface area contributed by atoms with Crippen LogP contribution >= 0.6 is 0 Å². The molecule has 0 aromatic heterocycles. The van der Waals surface area contributed by atoms with Crippen LogP contribution in [0.15, 0.2) is 24.4 Å². The Morgan fingerprint density at radius 1 is 1.17 bits per heavy atom. The first-order valence-corrected chi connectivity index (χ1v) is 9.85. The Morgan fingerprint density at radius 2 is 1.88 bits per heavy atom. The predicted molar refractivity (Wildman–Crippen MR) is 106 cm³/mol. The van der Waals surface area contributed by atoms with Crippen LogP contribution in [0.4, 0.5) is 11.4 Å². The van der Waals surface area contributed by atoms with Gasteiger partial charge in [-0.15, -0.1) is 0 Å². The van der Waals surface area contributed by atoms with Crippen molar-refractivity contribution in [1.82, 2.24) is 0 Å². The van der Waals surface area contributed by atoms with E-state index in [9.17, 15) is 0 Å². The summed E-state index contributed by atoms with van der Waals surface area (Å²) >= 11 is 0. The molecule has 2 fully saturated rings. The van der Waals surface area contributed by atoms with E-state index in [1.807, 2.05) is 0 Å². The van der Waals surface area contributed by atoms with Crippen molar-refractivity contribution in [1.29, 1.82) is 0 Å². The smallest absolute Gasteiger partial charge is 0.0442 e. The average Bonchev–Trinajstić information content (AvgIpc) is 3.18. The second kappa shape index (κ2) is 7.21. The van der Waals surface area contributed by atoms with Crippen LogP contribution < -0.4 is 10.2 Å². The molecule has 1 aromatic rings. The number of nitrogens with one attached hydrogen (secondary N) is 1. The van der Waals surface area contributed by atoms with E-state index in [4.69, 9.17) is 0 Å². The first-order chi connectivity index (χ1) is 11.5. The molecule has 2 aliphatic rings. The molecule has 2 nitrogen and oxygen atoms in total. The highest BCUT2D eigenvalue weighted by molar-refractivity contribution is 5.67. The van der Waals surface area contributed by atoms with Crippen LogP contribution in [0.2, 0.25) is 0 Å². The summed E-state index contributed by atoms with van der Waals surface area (Å²) in [5, 5.41) is 3.71. The van der Waals surface area contributed by atoms with Crippen molar-refractivity contribution in [2.75, 3.05) is 23.3 Å². The minimum Gasteiger partial charge on any atom is -0.372 e. The highest BCUT2D eigenvalue weighted by Gasteiger charge is 2.40. The molecule has 132 valence electrons. The zero-order chi connectivity index (χ0) is 17.3. The predicted octanol–water partition coefficient (Wildman–Crippen LogP) is 5.90. The molecule has 2 saturated carbocycles. The Bertz CT molecular complexity index is 581. The molecular formula is C22H34N2. The van der Waals surface area contributed by atoms with Gasteiger partial charge in [0.2, 0.25) is 0 Å². The van der Waals surface area contributed by atoms with Crippen LogP contribution in [-0.2, 0) is 0 Å². The van der Waals surface area contributed by atoms with Gasteiger partial charge in [0.25, 0.3) is 0 Å². The van der Waals surface area contributed by atoms with Gasteiger partial charge in [0.1, 0.15) is 0 Å². The number of aryl methyl sites for hydroxylation is 2. The molecular weight excluding hydrogens is 292 g/mol. The molecule has 3 unspecified atom stereocenters. The van der Waals surface area contributed by atoms with Crippen molar-refractivity contribution in [3.63, 3.8) is 0 Å². The van der Waals surface area contributed by atoms with E-state index in [1.165, 1.54) is 60.3 Å². The fourth-order valence-corrected chi connectivity index (χ4v) is 4.98. The van der Waals surface area contributed by atoms with Crippen LogP contribution in [0.3, 0.4) is 0 Å². The molecule has 1 N–H and O–H groups in total. The Balaban J connectivity index is 1.75. The van der Waals surface area contributed by atoms with E-state index >= 15 is 0 Å². The molecule has 0 saturated heterocycles. The molecule has 0 aliphatic heterocycles. The van der Waals surface area contributed by atoms with Crippen LogP contribution in [-0.4, -0.2) is 13.1 Å². The lowest BCUT2D eigenvalue weighted by molar-refractivity contribution is 0.380. The summed E-state index contributed by atoms with van der Waals surface area (Å²) in [6, 6.07) is 4.67. The van der Waals surface area contributed by atoms with E-state index < -0.39 is 0 Å². The Hall–Kier alpha value is -1.44. The molecule has 0 heterocycles. The third-order valence-electron chi connectivity index (χ3n) is 6.23. The number of anilines is 2. The molecule has 1 aromatic carbocycles. The molecule has 0 amide bonds. The molecule has 3 rings (SSSR count). The van der Waals surface area contributed by atoms with Crippen LogP contribution in [0.1, 0.15) is 57.1 Å². The van der Waals surface area contributed by atoms with Gasteiger partial charge in [-0.3, -0.25) is 0 Å².